The lowest BCUT2D eigenvalue weighted by molar-refractivity contribution is 0.0471. The molecule has 114 valence electrons. The van der Waals surface area contributed by atoms with Gasteiger partial charge in [-0.2, -0.15) is 0 Å². The van der Waals surface area contributed by atoms with Crippen molar-refractivity contribution in [3.8, 4) is 0 Å². The molecule has 0 atom stereocenters. The highest BCUT2D eigenvalue weighted by atomic mass is 127. The van der Waals surface area contributed by atoms with Crippen LogP contribution in [0.4, 0.5) is 0 Å². The predicted molar refractivity (Wildman–Crippen MR) is 90.7 cm³/mol. The van der Waals surface area contributed by atoms with Crippen LogP contribution in [-0.2, 0) is 16.1 Å². The van der Waals surface area contributed by atoms with Crippen LogP contribution in [0.25, 0.3) is 0 Å². The van der Waals surface area contributed by atoms with E-state index in [1.165, 1.54) is 0 Å². The molecule has 0 aliphatic heterocycles. The topological polar surface area (TPSA) is 52.6 Å². The van der Waals surface area contributed by atoms with Gasteiger partial charge < -0.3 is 9.47 Å². The smallest absolute Gasteiger partial charge is 0.339 e. The number of carbonyl (C=O) groups is 2. The molecule has 0 spiro atoms. The summed E-state index contributed by atoms with van der Waals surface area (Å²) in [5.74, 6) is -0.899. The number of rotatable bonds is 5. The van der Waals surface area contributed by atoms with Crippen LogP contribution in [0.15, 0.2) is 48.5 Å². The summed E-state index contributed by atoms with van der Waals surface area (Å²) in [4.78, 5) is 24.0. The second-order valence-electron chi connectivity index (χ2n) is 4.45. The summed E-state index contributed by atoms with van der Waals surface area (Å²) in [6.07, 6.45) is 0. The van der Waals surface area contributed by atoms with Crippen molar-refractivity contribution in [1.82, 2.24) is 0 Å². The Balaban J connectivity index is 2.13. The fourth-order valence-electron chi connectivity index (χ4n) is 1.86. The van der Waals surface area contributed by atoms with Gasteiger partial charge in [-0.15, -0.1) is 0 Å². The number of ether oxygens (including phenoxy) is 2. The maximum absolute atomic E-state index is 12.2. The van der Waals surface area contributed by atoms with Gasteiger partial charge in [-0.05, 0) is 47.2 Å². The fraction of sp³-hybridized carbons (Fsp3) is 0.176. The molecule has 5 heteroatoms. The van der Waals surface area contributed by atoms with E-state index < -0.39 is 11.9 Å². The molecule has 0 N–H and O–H groups in total. The highest BCUT2D eigenvalue weighted by Crippen LogP contribution is 2.20. The molecular formula is C17H15IO4. The van der Waals surface area contributed by atoms with Crippen molar-refractivity contribution in [1.29, 1.82) is 0 Å². The van der Waals surface area contributed by atoms with Crippen molar-refractivity contribution in [2.24, 2.45) is 0 Å². The van der Waals surface area contributed by atoms with E-state index >= 15 is 0 Å². The second kappa shape index (κ2) is 7.93. The first-order valence-electron chi connectivity index (χ1n) is 6.80. The zero-order valence-electron chi connectivity index (χ0n) is 12.0. The Labute approximate surface area is 142 Å². The summed E-state index contributed by atoms with van der Waals surface area (Å²) in [7, 11) is 0. The van der Waals surface area contributed by atoms with Gasteiger partial charge in [0.25, 0.3) is 0 Å². The molecule has 2 aromatic rings. The van der Waals surface area contributed by atoms with Crippen molar-refractivity contribution < 1.29 is 19.1 Å². The minimum Gasteiger partial charge on any atom is -0.462 e. The molecule has 4 nitrogen and oxygen atoms in total. The van der Waals surface area contributed by atoms with E-state index in [-0.39, 0.29) is 13.2 Å². The van der Waals surface area contributed by atoms with E-state index in [0.29, 0.717) is 14.7 Å². The van der Waals surface area contributed by atoms with E-state index in [2.05, 4.69) is 0 Å². The fourth-order valence-corrected chi connectivity index (χ4v) is 2.66. The van der Waals surface area contributed by atoms with E-state index in [0.717, 1.165) is 5.56 Å². The Kier molecular flexibility index (Phi) is 5.94. The number of esters is 2. The summed E-state index contributed by atoms with van der Waals surface area (Å²) in [6, 6.07) is 14.3. The Hall–Kier alpha value is -1.89. The third kappa shape index (κ3) is 4.07. The van der Waals surface area contributed by atoms with Gasteiger partial charge in [-0.3, -0.25) is 0 Å². The average molecular weight is 410 g/mol. The molecule has 22 heavy (non-hydrogen) atoms. The molecule has 0 aliphatic rings. The summed E-state index contributed by atoms with van der Waals surface area (Å²) in [5, 5.41) is 0. The van der Waals surface area contributed by atoms with E-state index in [9.17, 15) is 9.59 Å². The van der Waals surface area contributed by atoms with Gasteiger partial charge in [-0.1, -0.05) is 36.4 Å². The number of halogens is 1. The Morgan fingerprint density at radius 1 is 0.909 bits per heavy atom. The summed E-state index contributed by atoms with van der Waals surface area (Å²) in [6.45, 7) is 2.22. The zero-order chi connectivity index (χ0) is 15.9. The van der Waals surface area contributed by atoms with Gasteiger partial charge in [0, 0.05) is 3.57 Å². The first-order chi connectivity index (χ1) is 10.6. The molecule has 2 aromatic carbocycles. The van der Waals surface area contributed by atoms with Gasteiger partial charge in [-0.25, -0.2) is 9.59 Å². The molecule has 0 bridgehead atoms. The van der Waals surface area contributed by atoms with Crippen LogP contribution >= 0.6 is 22.6 Å². The van der Waals surface area contributed by atoms with E-state index in [1.54, 1.807) is 25.1 Å². The van der Waals surface area contributed by atoms with Crippen LogP contribution in [0.1, 0.15) is 33.2 Å². The zero-order valence-corrected chi connectivity index (χ0v) is 14.2. The summed E-state index contributed by atoms with van der Waals surface area (Å²) < 4.78 is 10.8. The van der Waals surface area contributed by atoms with Crippen molar-refractivity contribution in [3.05, 3.63) is 68.8 Å². The summed E-state index contributed by atoms with van der Waals surface area (Å²) >= 11 is 1.96. The number of hydrogen-bond acceptors (Lipinski definition) is 4. The Morgan fingerprint density at radius 2 is 1.50 bits per heavy atom. The minimum atomic E-state index is -0.459. The molecule has 0 amide bonds. The maximum Gasteiger partial charge on any atom is 0.339 e. The number of benzene rings is 2. The summed E-state index contributed by atoms with van der Waals surface area (Å²) in [5.41, 5.74) is 1.64. The molecule has 0 saturated carbocycles. The molecule has 0 saturated heterocycles. The average Bonchev–Trinajstić information content (AvgIpc) is 2.54. The van der Waals surface area contributed by atoms with Gasteiger partial charge in [0.2, 0.25) is 0 Å². The second-order valence-corrected chi connectivity index (χ2v) is 5.53. The normalized spacial score (nSPS) is 10.1. The molecular weight excluding hydrogens is 395 g/mol. The largest absolute Gasteiger partial charge is 0.462 e. The third-order valence-corrected chi connectivity index (χ3v) is 4.09. The van der Waals surface area contributed by atoms with Crippen molar-refractivity contribution in [2.45, 2.75) is 13.5 Å². The van der Waals surface area contributed by atoms with E-state index in [1.807, 2.05) is 52.9 Å². The monoisotopic (exact) mass is 410 g/mol. The van der Waals surface area contributed by atoms with Crippen LogP contribution < -0.4 is 0 Å². The molecule has 0 aromatic heterocycles. The SMILES string of the molecule is CCOC(=O)c1cccc(C(=O)OCc2ccccc2)c1I. The molecule has 0 fully saturated rings. The first-order valence-corrected chi connectivity index (χ1v) is 7.88. The Morgan fingerprint density at radius 3 is 2.09 bits per heavy atom. The molecule has 0 unspecified atom stereocenters. The maximum atomic E-state index is 12.2. The van der Waals surface area contributed by atoms with Gasteiger partial charge >= 0.3 is 11.9 Å². The lowest BCUT2D eigenvalue weighted by atomic mass is 10.1. The van der Waals surface area contributed by atoms with E-state index in [4.69, 9.17) is 9.47 Å². The van der Waals surface area contributed by atoms with Crippen LogP contribution in [-0.4, -0.2) is 18.5 Å². The molecule has 2 rings (SSSR count). The van der Waals surface area contributed by atoms with Crippen LogP contribution in [0.2, 0.25) is 0 Å². The van der Waals surface area contributed by atoms with Crippen molar-refractivity contribution in [3.63, 3.8) is 0 Å². The van der Waals surface area contributed by atoms with Crippen LogP contribution in [0.3, 0.4) is 0 Å². The predicted octanol–water partition coefficient (Wildman–Crippen LogP) is 3.82. The molecule has 0 heterocycles. The van der Waals surface area contributed by atoms with Crippen molar-refractivity contribution in [2.75, 3.05) is 6.61 Å². The van der Waals surface area contributed by atoms with Gasteiger partial charge in [0.1, 0.15) is 6.61 Å². The number of carbonyl (C=O) groups excluding carboxylic acids is 2. The van der Waals surface area contributed by atoms with Crippen LogP contribution in [0.5, 0.6) is 0 Å². The lowest BCUT2D eigenvalue weighted by Gasteiger charge is -2.09. The Bertz CT molecular complexity index is 668. The van der Waals surface area contributed by atoms with Crippen LogP contribution in [0, 0.1) is 3.57 Å². The lowest BCUT2D eigenvalue weighted by Crippen LogP contribution is -2.12. The minimum absolute atomic E-state index is 0.194. The van der Waals surface area contributed by atoms with Gasteiger partial charge in [0.15, 0.2) is 0 Å². The highest BCUT2D eigenvalue weighted by molar-refractivity contribution is 14.1. The van der Waals surface area contributed by atoms with Crippen molar-refractivity contribution >= 4 is 34.5 Å². The molecule has 0 radical (unpaired) electrons. The van der Waals surface area contributed by atoms with Gasteiger partial charge in [0.05, 0.1) is 17.7 Å². The standard InChI is InChI=1S/C17H15IO4/c1-2-21-16(19)13-9-6-10-14(15(13)18)17(20)22-11-12-7-4-3-5-8-12/h3-10H,2,11H2,1H3. The molecule has 0 aliphatic carbocycles. The third-order valence-electron chi connectivity index (χ3n) is 2.93. The number of hydrogen-bond donors (Lipinski definition) is 0. The quantitative estimate of drug-likeness (QED) is 0.556. The highest BCUT2D eigenvalue weighted by Gasteiger charge is 2.18. The first kappa shape index (κ1) is 16.5.